The lowest BCUT2D eigenvalue weighted by Crippen LogP contribution is -2.28. The third kappa shape index (κ3) is 12.2. The Hall–Kier alpha value is -14.0. The Kier molecular flexibility index (Phi) is 19.9. The van der Waals surface area contributed by atoms with Crippen molar-refractivity contribution in [2.75, 3.05) is 0 Å². The van der Waals surface area contributed by atoms with Gasteiger partial charge >= 0.3 is 0 Å². The maximum atomic E-state index is 2.37. The van der Waals surface area contributed by atoms with Crippen LogP contribution < -0.4 is 0 Å². The number of hydrogen-bond acceptors (Lipinski definition) is 0. The lowest BCUT2D eigenvalue weighted by molar-refractivity contribution is 0.655. The highest BCUT2D eigenvalue weighted by Crippen LogP contribution is 2.62. The van der Waals surface area contributed by atoms with Crippen molar-refractivity contribution in [1.82, 2.24) is 0 Å². The van der Waals surface area contributed by atoms with Gasteiger partial charge in [0.05, 0.1) is 21.7 Å². The summed E-state index contributed by atoms with van der Waals surface area (Å²) in [6.07, 6.45) is 0. The van der Waals surface area contributed by atoms with E-state index in [9.17, 15) is 0 Å². The van der Waals surface area contributed by atoms with E-state index in [1.807, 2.05) is 0 Å². The highest BCUT2D eigenvalue weighted by atomic mass is 14.5. The molecule has 5 aliphatic rings. The largest absolute Gasteiger partial charge is 0.0713 e. The van der Waals surface area contributed by atoms with Crippen LogP contribution in [0.3, 0.4) is 0 Å². The molecule has 0 amide bonds. The quantitative estimate of drug-likeness (QED) is 0.142. The molecule has 5 aliphatic carbocycles. The van der Waals surface area contributed by atoms with Gasteiger partial charge in [0.2, 0.25) is 0 Å². The monoisotopic (exact) mass is 1540 g/mol. The van der Waals surface area contributed by atoms with Crippen molar-refractivity contribution in [3.05, 3.63) is 583 Å². The molecule has 0 aliphatic heterocycles. The molecular formula is C120H96. The summed E-state index contributed by atoms with van der Waals surface area (Å²) in [7, 11) is 0. The number of hydrogen-bond donors (Lipinski definition) is 0. The summed E-state index contributed by atoms with van der Waals surface area (Å²) in [5.41, 5.74) is 44.0. The van der Waals surface area contributed by atoms with E-state index < -0.39 is 0 Å². The van der Waals surface area contributed by atoms with Crippen molar-refractivity contribution in [3.8, 4) is 55.6 Å². The summed E-state index contributed by atoms with van der Waals surface area (Å²) in [6, 6.07) is 166. The first kappa shape index (κ1) is 76.0. The molecule has 120 heavy (non-hydrogen) atoms. The number of benzene rings is 18. The van der Waals surface area contributed by atoms with E-state index in [1.54, 1.807) is 0 Å². The van der Waals surface area contributed by atoms with Crippen molar-refractivity contribution in [1.29, 1.82) is 0 Å². The standard InChI is InChI=1S/4C26H20.C16H16/c2*1-19-11-10-18-24-25(19)22-16-8-9-17-23(22)26(24,20-12-4-2-5-13-20)21-14-6-3-7-15-21;1-19-16-17-25-23(18-19)22-14-8-9-15-24(22)26(25,20-10-4-2-5-11-20)21-12-6-3-7-13-21;1-19-16-17-23-22-14-8-9-15-24(22)26(25(23)18-19,20-10-4-2-5-11-20)21-12-6-3-7-13-21;1-11-7-6-9-13-12-8-4-5-10-14(12)16(2,3)15(11)13/h4*2-18H,1H3;4-10H,1-3H3. The van der Waals surface area contributed by atoms with E-state index in [1.165, 1.54) is 184 Å². The third-order valence-corrected chi connectivity index (χ3v) is 26.4. The number of aryl methyl sites for hydroxylation is 5. The Morgan fingerprint density at radius 2 is 0.383 bits per heavy atom. The van der Waals surface area contributed by atoms with Crippen molar-refractivity contribution < 1.29 is 0 Å². The van der Waals surface area contributed by atoms with Gasteiger partial charge in [0.1, 0.15) is 0 Å². The Labute approximate surface area is 709 Å². The van der Waals surface area contributed by atoms with Crippen molar-refractivity contribution >= 4 is 0 Å². The van der Waals surface area contributed by atoms with E-state index in [-0.39, 0.29) is 27.1 Å². The van der Waals surface area contributed by atoms with E-state index in [0.29, 0.717) is 0 Å². The van der Waals surface area contributed by atoms with Crippen LogP contribution in [0.15, 0.2) is 455 Å². The second kappa shape index (κ2) is 31.4. The number of fused-ring (bicyclic) bond motifs is 15. The number of rotatable bonds is 8. The summed E-state index contributed by atoms with van der Waals surface area (Å²) in [4.78, 5) is 0. The van der Waals surface area contributed by atoms with Gasteiger partial charge < -0.3 is 0 Å². The van der Waals surface area contributed by atoms with Gasteiger partial charge in [-0.15, -0.1) is 0 Å². The van der Waals surface area contributed by atoms with Crippen LogP contribution in [0.25, 0.3) is 55.6 Å². The summed E-state index contributed by atoms with van der Waals surface area (Å²) in [5, 5.41) is 0. The van der Waals surface area contributed by atoms with Crippen LogP contribution in [0.5, 0.6) is 0 Å². The normalized spacial score (nSPS) is 14.1. The van der Waals surface area contributed by atoms with E-state index in [0.717, 1.165) is 0 Å². The predicted octanol–water partition coefficient (Wildman–Crippen LogP) is 29.7. The topological polar surface area (TPSA) is 0 Å². The van der Waals surface area contributed by atoms with Crippen LogP contribution in [-0.2, 0) is 27.1 Å². The van der Waals surface area contributed by atoms with Gasteiger partial charge in [-0.05, 0) is 207 Å². The summed E-state index contributed by atoms with van der Waals surface area (Å²) >= 11 is 0. The molecule has 0 heteroatoms. The molecule has 0 saturated carbocycles. The van der Waals surface area contributed by atoms with E-state index >= 15 is 0 Å². The first-order chi connectivity index (χ1) is 58.9. The van der Waals surface area contributed by atoms with Crippen LogP contribution in [0.2, 0.25) is 0 Å². The Morgan fingerprint density at radius 1 is 0.150 bits per heavy atom. The Bertz CT molecular complexity index is 6310. The van der Waals surface area contributed by atoms with Gasteiger partial charge in [-0.2, -0.15) is 0 Å². The second-order valence-electron chi connectivity index (χ2n) is 33.4. The molecule has 0 fully saturated rings. The van der Waals surface area contributed by atoms with Crippen LogP contribution >= 0.6 is 0 Å². The zero-order chi connectivity index (χ0) is 81.6. The molecule has 0 nitrogen and oxygen atoms in total. The zero-order valence-corrected chi connectivity index (χ0v) is 69.3. The summed E-state index contributed by atoms with van der Waals surface area (Å²) in [5.74, 6) is 0. The van der Waals surface area contributed by atoms with Crippen molar-refractivity contribution in [3.63, 3.8) is 0 Å². The van der Waals surface area contributed by atoms with Gasteiger partial charge in [0, 0.05) is 5.41 Å². The van der Waals surface area contributed by atoms with E-state index in [4.69, 9.17) is 0 Å². The summed E-state index contributed by atoms with van der Waals surface area (Å²) < 4.78 is 0. The molecule has 18 aromatic carbocycles. The molecule has 576 valence electrons. The lowest BCUT2D eigenvalue weighted by atomic mass is 9.67. The Balaban J connectivity index is 0.000000100. The lowest BCUT2D eigenvalue weighted by Gasteiger charge is -2.34. The fourth-order valence-electron chi connectivity index (χ4n) is 21.6. The van der Waals surface area contributed by atoms with Crippen molar-refractivity contribution in [2.45, 2.75) is 75.5 Å². The average molecular weight is 1540 g/mol. The molecule has 0 aromatic heterocycles. The van der Waals surface area contributed by atoms with Crippen LogP contribution in [-0.4, -0.2) is 0 Å². The molecule has 23 rings (SSSR count). The van der Waals surface area contributed by atoms with Crippen LogP contribution in [0, 0.1) is 34.6 Å². The van der Waals surface area contributed by atoms with Gasteiger partial charge in [-0.1, -0.05) is 480 Å². The van der Waals surface area contributed by atoms with Gasteiger partial charge in [0.25, 0.3) is 0 Å². The Morgan fingerprint density at radius 3 is 0.758 bits per heavy atom. The zero-order valence-electron chi connectivity index (χ0n) is 69.3. The first-order valence-electron chi connectivity index (χ1n) is 42.4. The minimum absolute atomic E-state index is 0.150. The van der Waals surface area contributed by atoms with Crippen LogP contribution in [0.4, 0.5) is 0 Å². The second-order valence-corrected chi connectivity index (χ2v) is 33.4. The average Bonchev–Trinajstić information content (AvgIpc) is 1.55. The molecule has 0 saturated heterocycles. The highest BCUT2D eigenvalue weighted by Gasteiger charge is 2.51. The predicted molar refractivity (Wildman–Crippen MR) is 503 cm³/mol. The van der Waals surface area contributed by atoms with Crippen LogP contribution in [0.1, 0.15) is 142 Å². The van der Waals surface area contributed by atoms with Gasteiger partial charge in [-0.3, -0.25) is 0 Å². The third-order valence-electron chi connectivity index (χ3n) is 26.4. The molecule has 0 bridgehead atoms. The van der Waals surface area contributed by atoms with Gasteiger partial charge in [0.15, 0.2) is 0 Å². The molecule has 0 heterocycles. The molecule has 18 aromatic rings. The van der Waals surface area contributed by atoms with E-state index in [2.05, 4.69) is 503 Å². The maximum absolute atomic E-state index is 2.37. The fraction of sp³-hybridized carbons (Fsp3) is 0.100. The SMILES string of the molecule is Cc1ccc2c(c1)-c1ccccc1C2(c1ccccc1)c1ccccc1.Cc1ccc2c(c1)C(c1ccccc1)(c1ccccc1)c1ccccc1-2.Cc1cccc2c1-c1ccccc1C2(c1ccccc1)c1ccccc1.Cc1cccc2c1-c1ccccc1C2(c1ccccc1)c1ccccc1.Cc1cccc2c1C(C)(C)c1ccccc1-2. The molecule has 0 atom stereocenters. The van der Waals surface area contributed by atoms with Gasteiger partial charge in [-0.25, -0.2) is 0 Å². The molecule has 0 unspecified atom stereocenters. The molecule has 0 N–H and O–H groups in total. The molecular weight excluding hydrogens is 1440 g/mol. The van der Waals surface area contributed by atoms with Crippen molar-refractivity contribution in [2.24, 2.45) is 0 Å². The minimum atomic E-state index is -0.263. The minimum Gasteiger partial charge on any atom is -0.0622 e. The first-order valence-corrected chi connectivity index (χ1v) is 42.4. The molecule has 0 radical (unpaired) electrons. The maximum Gasteiger partial charge on any atom is 0.0713 e. The highest BCUT2D eigenvalue weighted by molar-refractivity contribution is 5.92. The fourth-order valence-corrected chi connectivity index (χ4v) is 21.6. The molecule has 0 spiro atoms. The smallest absolute Gasteiger partial charge is 0.0622 e. The summed E-state index contributed by atoms with van der Waals surface area (Å²) in [6.45, 7) is 15.7.